The molecule has 0 atom stereocenters. The molecule has 1 aromatic rings. The van der Waals surface area contributed by atoms with Crippen LogP contribution in [0.25, 0.3) is 0 Å². The summed E-state index contributed by atoms with van der Waals surface area (Å²) in [7, 11) is 3.60. The Morgan fingerprint density at radius 3 is 2.60 bits per heavy atom. The van der Waals surface area contributed by atoms with Crippen molar-refractivity contribution in [1.82, 2.24) is 5.32 Å². The molecule has 6 heteroatoms. The van der Waals surface area contributed by atoms with Gasteiger partial charge in [-0.15, -0.1) is 0 Å². The van der Waals surface area contributed by atoms with Crippen LogP contribution in [0.15, 0.2) is 18.2 Å². The molecule has 1 amide bonds. The van der Waals surface area contributed by atoms with Crippen molar-refractivity contribution in [3.63, 3.8) is 0 Å². The SMILES string of the molecule is CCCCCNC(=O)c1cc([N+](=O)[O-])ccc1N(C)C. The second-order valence-corrected chi connectivity index (χ2v) is 4.82. The van der Waals surface area contributed by atoms with Gasteiger partial charge in [-0.1, -0.05) is 19.8 Å². The highest BCUT2D eigenvalue weighted by Crippen LogP contribution is 2.24. The molecule has 0 fully saturated rings. The van der Waals surface area contributed by atoms with E-state index in [0.29, 0.717) is 17.8 Å². The number of nitrogens with zero attached hydrogens (tertiary/aromatic N) is 2. The maximum atomic E-state index is 12.1. The predicted molar refractivity (Wildman–Crippen MR) is 79.3 cm³/mol. The van der Waals surface area contributed by atoms with Crippen molar-refractivity contribution in [2.24, 2.45) is 0 Å². The van der Waals surface area contributed by atoms with E-state index >= 15 is 0 Å². The predicted octanol–water partition coefficient (Wildman–Crippen LogP) is 2.58. The zero-order valence-corrected chi connectivity index (χ0v) is 12.2. The van der Waals surface area contributed by atoms with Gasteiger partial charge in [-0.2, -0.15) is 0 Å². The third-order valence-corrected chi connectivity index (χ3v) is 2.98. The number of rotatable bonds is 7. The van der Waals surface area contributed by atoms with Gasteiger partial charge < -0.3 is 10.2 Å². The third kappa shape index (κ3) is 4.22. The van der Waals surface area contributed by atoms with Gasteiger partial charge in [0.1, 0.15) is 0 Å². The van der Waals surface area contributed by atoms with E-state index in [1.165, 1.54) is 12.1 Å². The number of anilines is 1. The van der Waals surface area contributed by atoms with Crippen molar-refractivity contribution in [2.75, 3.05) is 25.5 Å². The Hall–Kier alpha value is -2.11. The molecule has 1 aromatic carbocycles. The van der Waals surface area contributed by atoms with E-state index in [-0.39, 0.29) is 11.6 Å². The van der Waals surface area contributed by atoms with E-state index in [4.69, 9.17) is 0 Å². The highest BCUT2D eigenvalue weighted by Gasteiger charge is 2.17. The van der Waals surface area contributed by atoms with Crippen molar-refractivity contribution in [2.45, 2.75) is 26.2 Å². The van der Waals surface area contributed by atoms with Crippen LogP contribution in [-0.2, 0) is 0 Å². The lowest BCUT2D eigenvalue weighted by Gasteiger charge is -2.17. The fourth-order valence-electron chi connectivity index (χ4n) is 1.88. The number of nitro benzene ring substituents is 1. The van der Waals surface area contributed by atoms with Gasteiger partial charge in [0.05, 0.1) is 10.5 Å². The zero-order chi connectivity index (χ0) is 15.1. The summed E-state index contributed by atoms with van der Waals surface area (Å²) in [5, 5.41) is 13.6. The largest absolute Gasteiger partial charge is 0.377 e. The average Bonchev–Trinajstić information content (AvgIpc) is 2.42. The Labute approximate surface area is 118 Å². The molecule has 0 unspecified atom stereocenters. The van der Waals surface area contributed by atoms with Gasteiger partial charge >= 0.3 is 0 Å². The van der Waals surface area contributed by atoms with E-state index in [1.807, 2.05) is 0 Å². The summed E-state index contributed by atoms with van der Waals surface area (Å²) in [4.78, 5) is 24.2. The first kappa shape index (κ1) is 15.9. The molecule has 20 heavy (non-hydrogen) atoms. The summed E-state index contributed by atoms with van der Waals surface area (Å²) >= 11 is 0. The lowest BCUT2D eigenvalue weighted by molar-refractivity contribution is -0.384. The second kappa shape index (κ2) is 7.47. The van der Waals surface area contributed by atoms with Gasteiger partial charge in [0, 0.05) is 38.5 Å². The van der Waals surface area contributed by atoms with Gasteiger partial charge in [0.2, 0.25) is 0 Å². The molecule has 0 bridgehead atoms. The molecule has 0 saturated carbocycles. The molecule has 0 saturated heterocycles. The van der Waals surface area contributed by atoms with Crippen LogP contribution in [0.4, 0.5) is 11.4 Å². The first-order valence-electron chi connectivity index (χ1n) is 6.71. The second-order valence-electron chi connectivity index (χ2n) is 4.82. The maximum absolute atomic E-state index is 12.1. The fraction of sp³-hybridized carbons (Fsp3) is 0.500. The molecule has 0 spiro atoms. The summed E-state index contributed by atoms with van der Waals surface area (Å²) in [6.45, 7) is 2.68. The molecule has 0 aliphatic rings. The Kier molecular flexibility index (Phi) is 5.96. The van der Waals surface area contributed by atoms with E-state index < -0.39 is 4.92 Å². The summed E-state index contributed by atoms with van der Waals surface area (Å²) < 4.78 is 0. The van der Waals surface area contributed by atoms with Crippen molar-refractivity contribution in [3.8, 4) is 0 Å². The molecular formula is C14H21N3O3. The molecule has 1 N–H and O–H groups in total. The number of nitrogens with one attached hydrogen (secondary N) is 1. The maximum Gasteiger partial charge on any atom is 0.270 e. The molecule has 0 radical (unpaired) electrons. The van der Waals surface area contributed by atoms with Crippen LogP contribution >= 0.6 is 0 Å². The Morgan fingerprint density at radius 1 is 1.35 bits per heavy atom. The number of hydrogen-bond donors (Lipinski definition) is 1. The van der Waals surface area contributed by atoms with Crippen molar-refractivity contribution >= 4 is 17.3 Å². The number of unbranched alkanes of at least 4 members (excludes halogenated alkanes) is 2. The van der Waals surface area contributed by atoms with Gasteiger partial charge in [-0.25, -0.2) is 0 Å². The first-order valence-corrected chi connectivity index (χ1v) is 6.71. The normalized spacial score (nSPS) is 10.2. The van der Waals surface area contributed by atoms with E-state index in [9.17, 15) is 14.9 Å². The monoisotopic (exact) mass is 279 g/mol. The van der Waals surface area contributed by atoms with Crippen LogP contribution < -0.4 is 10.2 Å². The molecule has 6 nitrogen and oxygen atoms in total. The van der Waals surface area contributed by atoms with Crippen LogP contribution in [0.2, 0.25) is 0 Å². The summed E-state index contributed by atoms with van der Waals surface area (Å²) in [5.41, 5.74) is 0.929. The molecule has 0 aliphatic carbocycles. The minimum atomic E-state index is -0.493. The highest BCUT2D eigenvalue weighted by molar-refractivity contribution is 6.00. The lowest BCUT2D eigenvalue weighted by Crippen LogP contribution is -2.26. The van der Waals surface area contributed by atoms with Crippen molar-refractivity contribution < 1.29 is 9.72 Å². The Balaban J connectivity index is 2.91. The number of amides is 1. The number of hydrogen-bond acceptors (Lipinski definition) is 4. The van der Waals surface area contributed by atoms with Crippen LogP contribution in [0.5, 0.6) is 0 Å². The van der Waals surface area contributed by atoms with E-state index in [1.54, 1.807) is 25.1 Å². The minimum Gasteiger partial charge on any atom is -0.377 e. The topological polar surface area (TPSA) is 75.5 Å². The summed E-state index contributed by atoms with van der Waals surface area (Å²) in [5.74, 6) is -0.270. The molecular weight excluding hydrogens is 258 g/mol. The Bertz CT molecular complexity index is 487. The van der Waals surface area contributed by atoms with Gasteiger partial charge in [-0.3, -0.25) is 14.9 Å². The highest BCUT2D eigenvalue weighted by atomic mass is 16.6. The number of non-ortho nitro benzene ring substituents is 1. The van der Waals surface area contributed by atoms with Crippen LogP contribution in [0, 0.1) is 10.1 Å². The lowest BCUT2D eigenvalue weighted by atomic mass is 10.1. The quantitative estimate of drug-likeness (QED) is 0.473. The van der Waals surface area contributed by atoms with E-state index in [2.05, 4.69) is 12.2 Å². The minimum absolute atomic E-state index is 0.0747. The van der Waals surface area contributed by atoms with Crippen molar-refractivity contribution in [1.29, 1.82) is 0 Å². The number of nitro groups is 1. The third-order valence-electron chi connectivity index (χ3n) is 2.98. The smallest absolute Gasteiger partial charge is 0.270 e. The van der Waals surface area contributed by atoms with Gasteiger partial charge in [0.25, 0.3) is 11.6 Å². The summed E-state index contributed by atoms with van der Waals surface area (Å²) in [6, 6.07) is 4.33. The molecule has 0 aromatic heterocycles. The van der Waals surface area contributed by atoms with Crippen molar-refractivity contribution in [3.05, 3.63) is 33.9 Å². The molecule has 1 rings (SSSR count). The molecule has 0 aliphatic heterocycles. The number of carbonyl (C=O) groups is 1. The first-order chi connectivity index (χ1) is 9.47. The fourth-order valence-corrected chi connectivity index (χ4v) is 1.88. The zero-order valence-electron chi connectivity index (χ0n) is 12.2. The number of carbonyl (C=O) groups excluding carboxylic acids is 1. The van der Waals surface area contributed by atoms with E-state index in [0.717, 1.165) is 19.3 Å². The average molecular weight is 279 g/mol. The van der Waals surface area contributed by atoms with Gasteiger partial charge in [0.15, 0.2) is 0 Å². The standard InChI is InChI=1S/C14H21N3O3/c1-4-5-6-9-15-14(18)12-10-11(17(19)20)7-8-13(12)16(2)3/h7-8,10H,4-6,9H2,1-3H3,(H,15,18). The summed E-state index contributed by atoms with van der Waals surface area (Å²) in [6.07, 6.45) is 3.04. The molecule has 110 valence electrons. The van der Waals surface area contributed by atoms with Crippen LogP contribution in [0.3, 0.4) is 0 Å². The van der Waals surface area contributed by atoms with Crippen LogP contribution in [-0.4, -0.2) is 31.5 Å². The Morgan fingerprint density at radius 2 is 2.05 bits per heavy atom. The molecule has 0 heterocycles. The van der Waals surface area contributed by atoms with Crippen LogP contribution in [0.1, 0.15) is 36.5 Å². The van der Waals surface area contributed by atoms with Gasteiger partial charge in [-0.05, 0) is 12.5 Å². The number of benzene rings is 1.